The smallest absolute Gasteiger partial charge is 0.130 e. The monoisotopic (exact) mass is 252 g/mol. The highest BCUT2D eigenvalue weighted by atomic mass is 16.5. The molecule has 2 N–H and O–H groups in total. The van der Waals surface area contributed by atoms with Crippen LogP contribution in [0.1, 0.15) is 25.1 Å². The van der Waals surface area contributed by atoms with Gasteiger partial charge in [-0.1, -0.05) is 0 Å². The maximum absolute atomic E-state index is 5.95. The average molecular weight is 252 g/mol. The second-order valence-electron chi connectivity index (χ2n) is 5.32. The second kappa shape index (κ2) is 5.28. The van der Waals surface area contributed by atoms with Crippen molar-refractivity contribution >= 4 is 5.82 Å². The van der Waals surface area contributed by atoms with Crippen LogP contribution in [0.15, 0.2) is 0 Å². The van der Waals surface area contributed by atoms with Crippen LogP contribution in [0.2, 0.25) is 0 Å². The third-order valence-electron chi connectivity index (χ3n) is 3.38. The van der Waals surface area contributed by atoms with E-state index in [-0.39, 0.29) is 12.1 Å². The van der Waals surface area contributed by atoms with Crippen molar-refractivity contribution in [2.75, 3.05) is 24.6 Å². The van der Waals surface area contributed by atoms with E-state index >= 15 is 0 Å². The third-order valence-corrected chi connectivity index (χ3v) is 3.38. The van der Waals surface area contributed by atoms with Gasteiger partial charge in [-0.05, 0) is 27.2 Å². The van der Waals surface area contributed by atoms with Crippen LogP contribution < -0.4 is 10.6 Å². The van der Waals surface area contributed by atoms with Crippen LogP contribution in [-0.4, -0.2) is 41.6 Å². The van der Waals surface area contributed by atoms with Gasteiger partial charge in [-0.15, -0.1) is 0 Å². The Labute approximate surface area is 109 Å². The van der Waals surface area contributed by atoms with E-state index in [9.17, 15) is 0 Å². The number of rotatable bonds is 3. The van der Waals surface area contributed by atoms with Crippen molar-refractivity contribution in [3.63, 3.8) is 0 Å². The first-order valence-corrected chi connectivity index (χ1v) is 6.63. The summed E-state index contributed by atoms with van der Waals surface area (Å²) in [4.78, 5) is 2.37. The zero-order valence-electron chi connectivity index (χ0n) is 11.8. The van der Waals surface area contributed by atoms with Gasteiger partial charge in [-0.2, -0.15) is 5.10 Å². The fourth-order valence-corrected chi connectivity index (χ4v) is 2.66. The Morgan fingerprint density at radius 2 is 2.28 bits per heavy atom. The molecule has 2 heterocycles. The predicted octanol–water partition coefficient (Wildman–Crippen LogP) is 0.843. The summed E-state index contributed by atoms with van der Waals surface area (Å²) in [6.07, 6.45) is 1.15. The molecule has 0 aliphatic carbocycles. The van der Waals surface area contributed by atoms with Gasteiger partial charge in [0.2, 0.25) is 0 Å². The zero-order valence-corrected chi connectivity index (χ0v) is 11.8. The first-order valence-electron chi connectivity index (χ1n) is 6.63. The molecule has 18 heavy (non-hydrogen) atoms. The Morgan fingerprint density at radius 1 is 1.56 bits per heavy atom. The van der Waals surface area contributed by atoms with Crippen LogP contribution in [0, 0.1) is 6.92 Å². The maximum Gasteiger partial charge on any atom is 0.130 e. The van der Waals surface area contributed by atoms with Crippen molar-refractivity contribution in [2.24, 2.45) is 12.8 Å². The molecule has 0 saturated carbocycles. The number of aromatic nitrogens is 2. The number of hydrogen-bond donors (Lipinski definition) is 1. The van der Waals surface area contributed by atoms with Crippen molar-refractivity contribution in [3.8, 4) is 0 Å². The Hall–Kier alpha value is -1.07. The molecule has 2 atom stereocenters. The summed E-state index contributed by atoms with van der Waals surface area (Å²) in [6.45, 7) is 8.84. The van der Waals surface area contributed by atoms with E-state index in [0.29, 0.717) is 0 Å². The first-order chi connectivity index (χ1) is 8.49. The number of morpholine rings is 1. The SMILES string of the molecule is Cc1nn(C)c(N2CCOC(C)C2)c1CC(C)N. The molecule has 1 aliphatic rings. The quantitative estimate of drug-likeness (QED) is 0.866. The fraction of sp³-hybridized carbons (Fsp3) is 0.769. The van der Waals surface area contributed by atoms with E-state index in [0.717, 1.165) is 31.8 Å². The van der Waals surface area contributed by atoms with E-state index in [1.807, 2.05) is 18.7 Å². The van der Waals surface area contributed by atoms with E-state index < -0.39 is 0 Å². The summed E-state index contributed by atoms with van der Waals surface area (Å²) in [5.41, 5.74) is 8.31. The molecule has 0 radical (unpaired) electrons. The van der Waals surface area contributed by atoms with Crippen molar-refractivity contribution in [3.05, 3.63) is 11.3 Å². The number of hydrogen-bond acceptors (Lipinski definition) is 4. The summed E-state index contributed by atoms with van der Waals surface area (Å²) in [5.74, 6) is 1.21. The molecule has 0 aromatic carbocycles. The Balaban J connectivity index is 2.30. The van der Waals surface area contributed by atoms with Crippen molar-refractivity contribution in [1.29, 1.82) is 0 Å². The van der Waals surface area contributed by atoms with Gasteiger partial charge < -0.3 is 15.4 Å². The minimum absolute atomic E-state index is 0.158. The molecule has 1 saturated heterocycles. The van der Waals surface area contributed by atoms with E-state index in [4.69, 9.17) is 10.5 Å². The molecular weight excluding hydrogens is 228 g/mol. The maximum atomic E-state index is 5.95. The van der Waals surface area contributed by atoms with E-state index in [1.165, 1.54) is 11.4 Å². The normalized spacial score (nSPS) is 22.3. The van der Waals surface area contributed by atoms with Gasteiger partial charge in [0.05, 0.1) is 18.4 Å². The van der Waals surface area contributed by atoms with Crippen LogP contribution in [0.5, 0.6) is 0 Å². The Kier molecular flexibility index (Phi) is 3.92. The lowest BCUT2D eigenvalue weighted by atomic mass is 10.1. The lowest BCUT2D eigenvalue weighted by Gasteiger charge is -2.33. The molecule has 1 aromatic heterocycles. The summed E-state index contributed by atoms with van der Waals surface area (Å²) in [6, 6.07) is 0.158. The van der Waals surface area contributed by atoms with Crippen LogP contribution in [0.25, 0.3) is 0 Å². The average Bonchev–Trinajstić information content (AvgIpc) is 2.53. The molecule has 1 aliphatic heterocycles. The van der Waals surface area contributed by atoms with E-state index in [2.05, 4.69) is 23.8 Å². The third kappa shape index (κ3) is 2.67. The highest BCUT2D eigenvalue weighted by Crippen LogP contribution is 2.26. The molecule has 1 fully saturated rings. The molecule has 5 heteroatoms. The Morgan fingerprint density at radius 3 is 2.89 bits per heavy atom. The Bertz CT molecular complexity index is 413. The fourth-order valence-electron chi connectivity index (χ4n) is 2.66. The highest BCUT2D eigenvalue weighted by molar-refractivity contribution is 5.51. The molecule has 0 spiro atoms. The van der Waals surface area contributed by atoms with Crippen LogP contribution >= 0.6 is 0 Å². The van der Waals surface area contributed by atoms with Gasteiger partial charge in [0.25, 0.3) is 0 Å². The molecule has 0 bridgehead atoms. The minimum atomic E-state index is 0.158. The number of nitrogens with two attached hydrogens (primary N) is 1. The number of ether oxygens (including phenoxy) is 1. The second-order valence-corrected chi connectivity index (χ2v) is 5.32. The topological polar surface area (TPSA) is 56.3 Å². The predicted molar refractivity (Wildman–Crippen MR) is 72.9 cm³/mol. The summed E-state index contributed by atoms with van der Waals surface area (Å²) >= 11 is 0. The molecule has 1 aromatic rings. The van der Waals surface area contributed by atoms with Crippen molar-refractivity contribution in [2.45, 2.75) is 39.3 Å². The zero-order chi connectivity index (χ0) is 13.3. The van der Waals surface area contributed by atoms with Gasteiger partial charge in [0, 0.05) is 31.7 Å². The standard InChI is InChI=1S/C13H24N4O/c1-9(14)7-12-11(3)15-16(4)13(12)17-5-6-18-10(2)8-17/h9-10H,5-8,14H2,1-4H3. The highest BCUT2D eigenvalue weighted by Gasteiger charge is 2.24. The summed E-state index contributed by atoms with van der Waals surface area (Å²) in [7, 11) is 2.01. The largest absolute Gasteiger partial charge is 0.375 e. The summed E-state index contributed by atoms with van der Waals surface area (Å²) < 4.78 is 7.58. The van der Waals surface area contributed by atoms with Gasteiger partial charge in [-0.3, -0.25) is 4.68 Å². The lowest BCUT2D eigenvalue weighted by Crippen LogP contribution is -2.42. The summed E-state index contributed by atoms with van der Waals surface area (Å²) in [5, 5.41) is 4.54. The minimum Gasteiger partial charge on any atom is -0.375 e. The van der Waals surface area contributed by atoms with Crippen molar-refractivity contribution in [1.82, 2.24) is 9.78 Å². The molecule has 5 nitrogen and oxygen atoms in total. The van der Waals surface area contributed by atoms with Crippen LogP contribution in [-0.2, 0) is 18.2 Å². The first kappa shape index (κ1) is 13.4. The molecule has 0 amide bonds. The van der Waals surface area contributed by atoms with E-state index in [1.54, 1.807) is 0 Å². The number of aryl methyl sites for hydroxylation is 2. The molecule has 2 unspecified atom stereocenters. The lowest BCUT2D eigenvalue weighted by molar-refractivity contribution is 0.0526. The van der Waals surface area contributed by atoms with Crippen LogP contribution in [0.4, 0.5) is 5.82 Å². The van der Waals surface area contributed by atoms with Gasteiger partial charge in [0.15, 0.2) is 0 Å². The van der Waals surface area contributed by atoms with Crippen LogP contribution in [0.3, 0.4) is 0 Å². The van der Waals surface area contributed by atoms with Gasteiger partial charge >= 0.3 is 0 Å². The molecule has 102 valence electrons. The number of anilines is 1. The van der Waals surface area contributed by atoms with Crippen molar-refractivity contribution < 1.29 is 4.74 Å². The van der Waals surface area contributed by atoms with Gasteiger partial charge in [-0.25, -0.2) is 0 Å². The van der Waals surface area contributed by atoms with Gasteiger partial charge in [0.1, 0.15) is 5.82 Å². The molecule has 2 rings (SSSR count). The molecular formula is C13H24N4O. The number of nitrogens with zero attached hydrogens (tertiary/aromatic N) is 3.